The summed E-state index contributed by atoms with van der Waals surface area (Å²) in [5.41, 5.74) is 2.36. The van der Waals surface area contributed by atoms with Crippen molar-refractivity contribution in [1.29, 1.82) is 0 Å². The number of hydrogen-bond donors (Lipinski definition) is 1. The van der Waals surface area contributed by atoms with Gasteiger partial charge in [-0.05, 0) is 37.0 Å². The summed E-state index contributed by atoms with van der Waals surface area (Å²) in [5, 5.41) is 15.1. The van der Waals surface area contributed by atoms with Crippen LogP contribution in [0.1, 0.15) is 61.9 Å². The first-order valence-electron chi connectivity index (χ1n) is 7.69. The van der Waals surface area contributed by atoms with E-state index in [1.165, 1.54) is 4.88 Å². The van der Waals surface area contributed by atoms with Gasteiger partial charge >= 0.3 is 0 Å². The van der Waals surface area contributed by atoms with Crippen LogP contribution in [0.3, 0.4) is 0 Å². The number of aromatic nitrogens is 2. The molecule has 3 nitrogen and oxygen atoms in total. The number of rotatable bonds is 5. The van der Waals surface area contributed by atoms with Crippen molar-refractivity contribution >= 4 is 11.3 Å². The van der Waals surface area contributed by atoms with E-state index in [-0.39, 0.29) is 5.41 Å². The Kier molecular flexibility index (Phi) is 4.89. The van der Waals surface area contributed by atoms with Crippen LogP contribution >= 0.6 is 11.3 Å². The molecule has 0 amide bonds. The SMILES string of the molecule is CCc1cc(CC(O)c2ccc(C(C)(C)C)s2)n(CC)n1. The lowest BCUT2D eigenvalue weighted by Gasteiger charge is -2.15. The molecule has 116 valence electrons. The summed E-state index contributed by atoms with van der Waals surface area (Å²) in [6.07, 6.45) is 1.12. The van der Waals surface area contributed by atoms with Gasteiger partial charge in [0.1, 0.15) is 0 Å². The zero-order chi connectivity index (χ0) is 15.6. The Morgan fingerprint density at radius 2 is 2.00 bits per heavy atom. The Balaban J connectivity index is 2.16. The third-order valence-electron chi connectivity index (χ3n) is 3.67. The normalized spacial score (nSPS) is 13.6. The third kappa shape index (κ3) is 3.74. The van der Waals surface area contributed by atoms with E-state index < -0.39 is 6.10 Å². The summed E-state index contributed by atoms with van der Waals surface area (Å²) in [6, 6.07) is 6.31. The Morgan fingerprint density at radius 3 is 2.52 bits per heavy atom. The van der Waals surface area contributed by atoms with Gasteiger partial charge in [0.25, 0.3) is 0 Å². The van der Waals surface area contributed by atoms with Gasteiger partial charge < -0.3 is 5.11 Å². The van der Waals surface area contributed by atoms with Crippen LogP contribution in [0.15, 0.2) is 18.2 Å². The lowest BCUT2D eigenvalue weighted by Crippen LogP contribution is -2.08. The van der Waals surface area contributed by atoms with Crippen LogP contribution in [0, 0.1) is 0 Å². The van der Waals surface area contributed by atoms with Gasteiger partial charge in [0.15, 0.2) is 0 Å². The van der Waals surface area contributed by atoms with Crippen molar-refractivity contribution in [2.75, 3.05) is 0 Å². The Labute approximate surface area is 131 Å². The Bertz CT molecular complexity index is 592. The van der Waals surface area contributed by atoms with Crippen molar-refractivity contribution in [3.05, 3.63) is 39.3 Å². The van der Waals surface area contributed by atoms with Gasteiger partial charge in [-0.3, -0.25) is 4.68 Å². The van der Waals surface area contributed by atoms with Gasteiger partial charge in [-0.25, -0.2) is 0 Å². The summed E-state index contributed by atoms with van der Waals surface area (Å²) >= 11 is 1.71. The molecule has 0 aromatic carbocycles. The largest absolute Gasteiger partial charge is 0.387 e. The summed E-state index contributed by atoms with van der Waals surface area (Å²) in [7, 11) is 0. The molecular weight excluding hydrogens is 280 g/mol. The molecule has 0 saturated carbocycles. The highest BCUT2D eigenvalue weighted by Gasteiger charge is 2.20. The molecule has 2 aromatic rings. The van der Waals surface area contributed by atoms with E-state index in [2.05, 4.69) is 57.9 Å². The second-order valence-electron chi connectivity index (χ2n) is 6.47. The molecule has 0 bridgehead atoms. The highest BCUT2D eigenvalue weighted by Crippen LogP contribution is 2.33. The maximum absolute atomic E-state index is 10.5. The third-order valence-corrected chi connectivity index (χ3v) is 5.28. The lowest BCUT2D eigenvalue weighted by atomic mass is 9.95. The fraction of sp³-hybridized carbons (Fsp3) is 0.588. The first-order chi connectivity index (χ1) is 9.85. The number of thiophene rings is 1. The molecule has 0 fully saturated rings. The molecule has 1 N–H and O–H groups in total. The van der Waals surface area contributed by atoms with Gasteiger partial charge in [0.05, 0.1) is 11.8 Å². The maximum Gasteiger partial charge on any atom is 0.0937 e. The number of hydrogen-bond acceptors (Lipinski definition) is 3. The lowest BCUT2D eigenvalue weighted by molar-refractivity contribution is 0.179. The zero-order valence-corrected chi connectivity index (χ0v) is 14.5. The molecule has 0 aliphatic rings. The van der Waals surface area contributed by atoms with Gasteiger partial charge in [0, 0.05) is 28.4 Å². The molecular formula is C17H26N2OS. The fourth-order valence-corrected chi connectivity index (χ4v) is 3.41. The second-order valence-corrected chi connectivity index (χ2v) is 7.58. The van der Waals surface area contributed by atoms with Crippen molar-refractivity contribution in [3.63, 3.8) is 0 Å². The first-order valence-corrected chi connectivity index (χ1v) is 8.50. The van der Waals surface area contributed by atoms with E-state index in [0.29, 0.717) is 6.42 Å². The topological polar surface area (TPSA) is 38.0 Å². The van der Waals surface area contributed by atoms with Crippen LogP contribution in [-0.2, 0) is 24.8 Å². The average molecular weight is 306 g/mol. The van der Waals surface area contributed by atoms with Crippen molar-refractivity contribution in [2.24, 2.45) is 0 Å². The van der Waals surface area contributed by atoms with Crippen LogP contribution in [0.4, 0.5) is 0 Å². The smallest absolute Gasteiger partial charge is 0.0937 e. The van der Waals surface area contributed by atoms with Crippen molar-refractivity contribution in [1.82, 2.24) is 9.78 Å². The van der Waals surface area contributed by atoms with E-state index >= 15 is 0 Å². The van der Waals surface area contributed by atoms with E-state index in [9.17, 15) is 5.11 Å². The standard InChI is InChI=1S/C17H26N2OS/c1-6-12-10-13(19(7-2)18-12)11-14(20)15-8-9-16(21-15)17(3,4)5/h8-10,14,20H,6-7,11H2,1-5H3. The molecule has 1 unspecified atom stereocenters. The molecule has 2 rings (SSSR count). The molecule has 21 heavy (non-hydrogen) atoms. The Hall–Kier alpha value is -1.13. The molecule has 2 aromatic heterocycles. The number of aliphatic hydroxyl groups excluding tert-OH is 1. The quantitative estimate of drug-likeness (QED) is 0.903. The molecule has 2 heterocycles. The summed E-state index contributed by atoms with van der Waals surface area (Å²) in [6.45, 7) is 11.7. The van der Waals surface area contributed by atoms with Crippen molar-refractivity contribution in [3.8, 4) is 0 Å². The molecule has 4 heteroatoms. The second kappa shape index (κ2) is 6.32. The number of nitrogens with zero attached hydrogens (tertiary/aromatic N) is 2. The van der Waals surface area contributed by atoms with Crippen molar-refractivity contribution in [2.45, 2.75) is 65.5 Å². The number of aliphatic hydroxyl groups is 1. The number of aryl methyl sites for hydroxylation is 2. The highest BCUT2D eigenvalue weighted by molar-refractivity contribution is 7.12. The predicted molar refractivity (Wildman–Crippen MR) is 89.0 cm³/mol. The van der Waals surface area contributed by atoms with Crippen molar-refractivity contribution < 1.29 is 5.11 Å². The van der Waals surface area contributed by atoms with Gasteiger partial charge in [-0.1, -0.05) is 27.7 Å². The summed E-state index contributed by atoms with van der Waals surface area (Å²) in [4.78, 5) is 2.36. The van der Waals surface area contributed by atoms with E-state index in [1.807, 2.05) is 4.68 Å². The van der Waals surface area contributed by atoms with Gasteiger partial charge in [-0.15, -0.1) is 11.3 Å². The van der Waals surface area contributed by atoms with E-state index in [0.717, 1.165) is 29.2 Å². The van der Waals surface area contributed by atoms with Gasteiger partial charge in [-0.2, -0.15) is 5.10 Å². The predicted octanol–water partition coefficient (Wildman–Crippen LogP) is 4.10. The monoisotopic (exact) mass is 306 g/mol. The van der Waals surface area contributed by atoms with E-state index in [4.69, 9.17) is 0 Å². The minimum Gasteiger partial charge on any atom is -0.387 e. The van der Waals surface area contributed by atoms with E-state index in [1.54, 1.807) is 11.3 Å². The highest BCUT2D eigenvalue weighted by atomic mass is 32.1. The van der Waals surface area contributed by atoms with Crippen LogP contribution in [-0.4, -0.2) is 14.9 Å². The summed E-state index contributed by atoms with van der Waals surface area (Å²) in [5.74, 6) is 0. The fourth-order valence-electron chi connectivity index (χ4n) is 2.36. The summed E-state index contributed by atoms with van der Waals surface area (Å²) < 4.78 is 2.00. The van der Waals surface area contributed by atoms with Crippen LogP contribution in [0.5, 0.6) is 0 Å². The molecule has 0 radical (unpaired) electrons. The first kappa shape index (κ1) is 16.2. The maximum atomic E-state index is 10.5. The molecule has 0 aliphatic carbocycles. The van der Waals surface area contributed by atoms with Crippen LogP contribution in [0.2, 0.25) is 0 Å². The minimum atomic E-state index is -0.446. The minimum absolute atomic E-state index is 0.142. The van der Waals surface area contributed by atoms with Crippen LogP contribution in [0.25, 0.3) is 0 Å². The molecule has 0 aliphatic heterocycles. The average Bonchev–Trinajstić information content (AvgIpc) is 3.04. The molecule has 0 saturated heterocycles. The van der Waals surface area contributed by atoms with Gasteiger partial charge in [0.2, 0.25) is 0 Å². The molecule has 0 spiro atoms. The van der Waals surface area contributed by atoms with Crippen LogP contribution < -0.4 is 0 Å². The molecule has 1 atom stereocenters. The Morgan fingerprint density at radius 1 is 1.29 bits per heavy atom. The zero-order valence-electron chi connectivity index (χ0n) is 13.7.